The molecule has 1 aromatic carbocycles. The van der Waals surface area contributed by atoms with Gasteiger partial charge < -0.3 is 10.6 Å². The van der Waals surface area contributed by atoms with E-state index in [0.29, 0.717) is 0 Å². The number of hydrogen-bond acceptors (Lipinski definition) is 4. The van der Waals surface area contributed by atoms with Crippen molar-refractivity contribution in [3.63, 3.8) is 0 Å². The van der Waals surface area contributed by atoms with Gasteiger partial charge in [0.05, 0.1) is 0 Å². The zero-order valence-electron chi connectivity index (χ0n) is 20.4. The van der Waals surface area contributed by atoms with E-state index < -0.39 is 0 Å². The van der Waals surface area contributed by atoms with Crippen LogP contribution in [-0.2, 0) is 22.7 Å². The molecule has 6 nitrogen and oxygen atoms in total. The fraction of sp³-hybridized carbons (Fsp3) is 0.692. The summed E-state index contributed by atoms with van der Waals surface area (Å²) >= 11 is 0. The Morgan fingerprint density at radius 3 is 1.31 bits per heavy atom. The summed E-state index contributed by atoms with van der Waals surface area (Å²) < 4.78 is 0. The van der Waals surface area contributed by atoms with Crippen LogP contribution < -0.4 is 10.6 Å². The highest BCUT2D eigenvalue weighted by molar-refractivity contribution is 5.79. The van der Waals surface area contributed by atoms with E-state index in [-0.39, 0.29) is 35.7 Å². The van der Waals surface area contributed by atoms with Gasteiger partial charge in [0.15, 0.2) is 0 Å². The molecule has 2 aliphatic rings. The monoisotopic (exact) mass is 442 g/mol. The topological polar surface area (TPSA) is 64.7 Å². The van der Waals surface area contributed by atoms with E-state index >= 15 is 0 Å². The number of hydrogen-bond donors (Lipinski definition) is 2. The van der Waals surface area contributed by atoms with Gasteiger partial charge in [-0.15, -0.1) is 0 Å². The van der Waals surface area contributed by atoms with Crippen LogP contribution in [0.15, 0.2) is 24.3 Å². The summed E-state index contributed by atoms with van der Waals surface area (Å²) in [6, 6.07) is 9.42. The molecule has 2 saturated heterocycles. The lowest BCUT2D eigenvalue weighted by molar-refractivity contribution is -0.127. The van der Waals surface area contributed by atoms with Gasteiger partial charge in [-0.3, -0.25) is 19.4 Å². The molecule has 0 spiro atoms. The molecule has 0 bridgehead atoms. The van der Waals surface area contributed by atoms with Crippen molar-refractivity contribution >= 4 is 11.8 Å². The van der Waals surface area contributed by atoms with Crippen LogP contribution in [0.3, 0.4) is 0 Å². The molecule has 6 heteroatoms. The number of amides is 2. The summed E-state index contributed by atoms with van der Waals surface area (Å²) in [7, 11) is 0. The van der Waals surface area contributed by atoms with Crippen molar-refractivity contribution in [1.29, 1.82) is 0 Å². The number of likely N-dealkylation sites (tertiary alicyclic amines) is 2. The first-order valence-corrected chi connectivity index (χ1v) is 12.4. The largest absolute Gasteiger partial charge is 0.354 e. The number of nitrogens with zero attached hydrogens (tertiary/aromatic N) is 2. The van der Waals surface area contributed by atoms with E-state index in [4.69, 9.17) is 0 Å². The molecule has 3 rings (SSSR count). The lowest BCUT2D eigenvalue weighted by Crippen LogP contribution is -2.42. The first kappa shape index (κ1) is 24.7. The number of piperidine rings is 2. The Morgan fingerprint density at radius 2 is 1.03 bits per heavy atom. The van der Waals surface area contributed by atoms with Crippen molar-refractivity contribution in [2.75, 3.05) is 26.2 Å². The van der Waals surface area contributed by atoms with Gasteiger partial charge >= 0.3 is 0 Å². The summed E-state index contributed by atoms with van der Waals surface area (Å²) in [6.07, 6.45) is 3.78. The minimum absolute atomic E-state index is 0.164. The maximum absolute atomic E-state index is 12.2. The molecule has 0 aromatic heterocycles. The minimum Gasteiger partial charge on any atom is -0.354 e. The maximum atomic E-state index is 12.2. The van der Waals surface area contributed by atoms with E-state index in [1.807, 2.05) is 27.7 Å². The number of benzene rings is 1. The molecule has 2 aliphatic heterocycles. The Kier molecular flexibility index (Phi) is 9.11. The van der Waals surface area contributed by atoms with E-state index in [0.717, 1.165) is 65.0 Å². The standard InChI is InChI=1S/C26H42N4O2/c1-19(2)27-25(31)23-9-13-29(14-10-23)17-21-5-7-22(8-6-21)18-30-15-11-24(12-16-30)26(32)28-20(3)4/h5-8,19-20,23-24H,9-18H2,1-4H3,(H,27,31)(H,28,32). The summed E-state index contributed by atoms with van der Waals surface area (Å²) in [5.41, 5.74) is 2.67. The maximum Gasteiger partial charge on any atom is 0.223 e. The van der Waals surface area contributed by atoms with Crippen LogP contribution in [0.25, 0.3) is 0 Å². The minimum atomic E-state index is 0.164. The second kappa shape index (κ2) is 11.8. The van der Waals surface area contributed by atoms with Crippen molar-refractivity contribution in [1.82, 2.24) is 20.4 Å². The van der Waals surface area contributed by atoms with E-state index in [1.54, 1.807) is 0 Å². The Bertz CT molecular complexity index is 668. The molecule has 178 valence electrons. The average Bonchev–Trinajstić information content (AvgIpc) is 2.75. The molecule has 2 amide bonds. The lowest BCUT2D eigenvalue weighted by Gasteiger charge is -2.32. The highest BCUT2D eigenvalue weighted by Gasteiger charge is 2.26. The van der Waals surface area contributed by atoms with E-state index in [2.05, 4.69) is 44.7 Å². The summed E-state index contributed by atoms with van der Waals surface area (Å²) in [5, 5.41) is 6.10. The molecule has 0 aliphatic carbocycles. The smallest absolute Gasteiger partial charge is 0.223 e. The first-order chi connectivity index (χ1) is 15.3. The molecule has 2 N–H and O–H groups in total. The van der Waals surface area contributed by atoms with E-state index in [9.17, 15) is 9.59 Å². The normalized spacial score (nSPS) is 19.4. The van der Waals surface area contributed by atoms with E-state index in [1.165, 1.54) is 11.1 Å². The third-order valence-corrected chi connectivity index (χ3v) is 6.61. The Morgan fingerprint density at radius 1 is 0.719 bits per heavy atom. The van der Waals surface area contributed by atoms with Crippen LogP contribution in [0.4, 0.5) is 0 Å². The van der Waals surface area contributed by atoms with Crippen LogP contribution >= 0.6 is 0 Å². The number of carbonyl (C=O) groups is 2. The molecule has 0 atom stereocenters. The molecule has 0 saturated carbocycles. The second-order valence-electron chi connectivity index (χ2n) is 10.2. The van der Waals surface area contributed by atoms with Crippen molar-refractivity contribution < 1.29 is 9.59 Å². The third-order valence-electron chi connectivity index (χ3n) is 6.61. The van der Waals surface area contributed by atoms with Gasteiger partial charge in [0.1, 0.15) is 0 Å². The molecule has 0 unspecified atom stereocenters. The van der Waals surface area contributed by atoms with Crippen molar-refractivity contribution in [2.45, 2.75) is 78.6 Å². The number of nitrogens with one attached hydrogen (secondary N) is 2. The third kappa shape index (κ3) is 7.59. The number of rotatable bonds is 8. The quantitative estimate of drug-likeness (QED) is 0.649. The molecular weight excluding hydrogens is 400 g/mol. The van der Waals surface area contributed by atoms with Crippen molar-refractivity contribution in [2.24, 2.45) is 11.8 Å². The van der Waals surface area contributed by atoms with Crippen LogP contribution in [0.5, 0.6) is 0 Å². The van der Waals surface area contributed by atoms with Crippen LogP contribution in [-0.4, -0.2) is 59.9 Å². The van der Waals surface area contributed by atoms with Crippen molar-refractivity contribution in [3.05, 3.63) is 35.4 Å². The fourth-order valence-corrected chi connectivity index (χ4v) is 4.78. The average molecular weight is 443 g/mol. The Hall–Kier alpha value is -1.92. The van der Waals surface area contributed by atoms with Gasteiger partial charge in [-0.2, -0.15) is 0 Å². The highest BCUT2D eigenvalue weighted by Crippen LogP contribution is 2.21. The van der Waals surface area contributed by atoms with Crippen LogP contribution in [0.2, 0.25) is 0 Å². The molecule has 1 aromatic rings. The predicted octanol–water partition coefficient (Wildman–Crippen LogP) is 3.16. The molecule has 32 heavy (non-hydrogen) atoms. The van der Waals surface area contributed by atoms with Gasteiger partial charge in [-0.05, 0) is 90.7 Å². The molecule has 2 heterocycles. The molecular formula is C26H42N4O2. The second-order valence-corrected chi connectivity index (χ2v) is 10.2. The SMILES string of the molecule is CC(C)NC(=O)C1CCN(Cc2ccc(CN3CCC(C(=O)NC(C)C)CC3)cc2)CC1. The predicted molar refractivity (Wildman–Crippen MR) is 129 cm³/mol. The summed E-state index contributed by atoms with van der Waals surface area (Å²) in [6.45, 7) is 13.9. The fourth-order valence-electron chi connectivity index (χ4n) is 4.78. The van der Waals surface area contributed by atoms with Gasteiger partial charge in [-0.25, -0.2) is 0 Å². The van der Waals surface area contributed by atoms with Gasteiger partial charge in [0.25, 0.3) is 0 Å². The van der Waals surface area contributed by atoms with Crippen LogP contribution in [0.1, 0.15) is 64.5 Å². The van der Waals surface area contributed by atoms with Crippen molar-refractivity contribution in [3.8, 4) is 0 Å². The first-order valence-electron chi connectivity index (χ1n) is 12.4. The van der Waals surface area contributed by atoms with Gasteiger partial charge in [0, 0.05) is 37.0 Å². The Labute approximate surface area is 194 Å². The van der Waals surface area contributed by atoms with Crippen LogP contribution in [0, 0.1) is 11.8 Å². The zero-order valence-corrected chi connectivity index (χ0v) is 20.4. The van der Waals surface area contributed by atoms with Gasteiger partial charge in [-0.1, -0.05) is 24.3 Å². The number of carbonyl (C=O) groups excluding carboxylic acids is 2. The Balaban J connectivity index is 1.39. The lowest BCUT2D eigenvalue weighted by atomic mass is 9.95. The molecule has 2 fully saturated rings. The highest BCUT2D eigenvalue weighted by atomic mass is 16.2. The van der Waals surface area contributed by atoms with Gasteiger partial charge in [0.2, 0.25) is 11.8 Å². The zero-order chi connectivity index (χ0) is 23.1. The summed E-state index contributed by atoms with van der Waals surface area (Å²) in [4.78, 5) is 29.3. The molecule has 0 radical (unpaired) electrons. The summed E-state index contributed by atoms with van der Waals surface area (Å²) in [5.74, 6) is 0.760.